The number of hydrogen-bond acceptors (Lipinski definition) is 7. The first-order valence-electron chi connectivity index (χ1n) is 8.40. The third-order valence-electron chi connectivity index (χ3n) is 2.82. The third-order valence-corrected chi connectivity index (χ3v) is 2.82. The van der Waals surface area contributed by atoms with Crippen LogP contribution in [0.25, 0.3) is 0 Å². The molecule has 2 amide bonds. The fourth-order valence-corrected chi connectivity index (χ4v) is 1.51. The van der Waals surface area contributed by atoms with Crippen LogP contribution >= 0.6 is 0 Å². The predicted octanol–water partition coefficient (Wildman–Crippen LogP) is -0.716. The molecule has 0 spiro atoms. The molecule has 9 nitrogen and oxygen atoms in total. The quantitative estimate of drug-likeness (QED) is 0.329. The Labute approximate surface area is 148 Å². The molecule has 0 saturated carbocycles. The minimum atomic E-state index is -0.230. The molecule has 0 atom stereocenters. The van der Waals surface area contributed by atoms with Crippen molar-refractivity contribution in [1.82, 2.24) is 10.6 Å². The Hall–Kier alpha value is -1.55. The van der Waals surface area contributed by atoms with Gasteiger partial charge in [0.1, 0.15) is 13.2 Å². The number of carbonyl (C=O) groups excluding carboxylic acids is 3. The Morgan fingerprint density at radius 1 is 0.720 bits per heavy atom. The lowest BCUT2D eigenvalue weighted by Crippen LogP contribution is -2.31. The number of amides is 2. The Kier molecular flexibility index (Phi) is 16.2. The van der Waals surface area contributed by atoms with Crippen LogP contribution in [-0.2, 0) is 33.3 Å². The monoisotopic (exact) mass is 362 g/mol. The summed E-state index contributed by atoms with van der Waals surface area (Å²) in [5, 5.41) is 5.26. The summed E-state index contributed by atoms with van der Waals surface area (Å²) in [4.78, 5) is 33.0. The summed E-state index contributed by atoms with van der Waals surface area (Å²) in [5.41, 5.74) is 0. The molecule has 0 bridgehead atoms. The average molecular weight is 362 g/mol. The molecule has 9 heteroatoms. The smallest absolute Gasteiger partial charge is 0.246 e. The van der Waals surface area contributed by atoms with Gasteiger partial charge in [-0.25, -0.2) is 0 Å². The molecule has 0 aliphatic heterocycles. The first kappa shape index (κ1) is 23.4. The highest BCUT2D eigenvalue weighted by atomic mass is 16.5. The molecule has 0 radical (unpaired) electrons. The SMILES string of the molecule is CCC(=O)COCCOCCNC(=O)COCCOCCNC(C)=O. The second kappa shape index (κ2) is 17.3. The van der Waals surface area contributed by atoms with Gasteiger partial charge in [-0.05, 0) is 0 Å². The van der Waals surface area contributed by atoms with Gasteiger partial charge in [-0.1, -0.05) is 6.92 Å². The summed E-state index contributed by atoms with van der Waals surface area (Å²) < 4.78 is 20.7. The molecule has 0 unspecified atom stereocenters. The second-order valence-electron chi connectivity index (χ2n) is 5.06. The lowest BCUT2D eigenvalue weighted by Gasteiger charge is -2.08. The van der Waals surface area contributed by atoms with Crippen LogP contribution in [-0.4, -0.2) is 83.5 Å². The van der Waals surface area contributed by atoms with E-state index < -0.39 is 0 Å². The van der Waals surface area contributed by atoms with Crippen LogP contribution in [0, 0.1) is 0 Å². The first-order valence-corrected chi connectivity index (χ1v) is 8.40. The Morgan fingerprint density at radius 2 is 1.24 bits per heavy atom. The number of Topliss-reactive ketones (excluding diaryl/α,β-unsaturated/α-hetero) is 1. The third kappa shape index (κ3) is 18.6. The minimum Gasteiger partial charge on any atom is -0.377 e. The summed E-state index contributed by atoms with van der Waals surface area (Å²) in [6.07, 6.45) is 0.470. The standard InChI is InChI=1S/C16H30N2O7/c1-3-15(20)12-24-10-8-23-7-5-18-16(21)13-25-11-9-22-6-4-17-14(2)19/h3-13H2,1-2H3,(H,17,19)(H,18,21). The molecule has 146 valence electrons. The summed E-state index contributed by atoms with van der Waals surface area (Å²) >= 11 is 0. The molecular weight excluding hydrogens is 332 g/mol. The van der Waals surface area contributed by atoms with Crippen LogP contribution in [0.3, 0.4) is 0 Å². The highest BCUT2D eigenvalue weighted by Gasteiger charge is 2.01. The van der Waals surface area contributed by atoms with Crippen molar-refractivity contribution in [3.63, 3.8) is 0 Å². The van der Waals surface area contributed by atoms with Gasteiger partial charge in [0.05, 0.1) is 39.6 Å². The molecule has 0 aromatic rings. The highest BCUT2D eigenvalue weighted by molar-refractivity contribution is 5.79. The second-order valence-corrected chi connectivity index (χ2v) is 5.06. The van der Waals surface area contributed by atoms with E-state index in [1.54, 1.807) is 6.92 Å². The van der Waals surface area contributed by atoms with Gasteiger partial charge in [-0.3, -0.25) is 14.4 Å². The number of rotatable bonds is 17. The van der Waals surface area contributed by atoms with Gasteiger partial charge in [0.2, 0.25) is 11.8 Å². The van der Waals surface area contributed by atoms with Crippen molar-refractivity contribution in [3.05, 3.63) is 0 Å². The summed E-state index contributed by atoms with van der Waals surface area (Å²) in [6.45, 7) is 6.29. The van der Waals surface area contributed by atoms with Crippen LogP contribution in [0.5, 0.6) is 0 Å². The van der Waals surface area contributed by atoms with Crippen molar-refractivity contribution >= 4 is 17.6 Å². The molecule has 0 heterocycles. The van der Waals surface area contributed by atoms with Crippen LogP contribution in [0.2, 0.25) is 0 Å². The van der Waals surface area contributed by atoms with Crippen molar-refractivity contribution in [2.75, 3.05) is 65.9 Å². The molecule has 0 aromatic carbocycles. The molecule has 0 rings (SSSR count). The number of ketones is 1. The van der Waals surface area contributed by atoms with Crippen LogP contribution in [0.15, 0.2) is 0 Å². The fraction of sp³-hybridized carbons (Fsp3) is 0.812. The van der Waals surface area contributed by atoms with E-state index in [-0.39, 0.29) is 30.8 Å². The maximum Gasteiger partial charge on any atom is 0.246 e. The molecule has 2 N–H and O–H groups in total. The Morgan fingerprint density at radius 3 is 1.80 bits per heavy atom. The Balaban J connectivity index is 3.23. The van der Waals surface area contributed by atoms with Gasteiger partial charge in [-0.2, -0.15) is 0 Å². The number of carbonyl (C=O) groups is 3. The summed E-state index contributed by atoms with van der Waals surface area (Å²) in [7, 11) is 0. The maximum absolute atomic E-state index is 11.5. The molecule has 0 saturated heterocycles. The van der Waals surface area contributed by atoms with E-state index in [2.05, 4.69) is 10.6 Å². The van der Waals surface area contributed by atoms with E-state index in [0.29, 0.717) is 59.2 Å². The highest BCUT2D eigenvalue weighted by Crippen LogP contribution is 1.84. The van der Waals surface area contributed by atoms with E-state index in [9.17, 15) is 14.4 Å². The van der Waals surface area contributed by atoms with Crippen LogP contribution in [0.4, 0.5) is 0 Å². The number of ether oxygens (including phenoxy) is 4. The minimum absolute atomic E-state index is 0.0443. The van der Waals surface area contributed by atoms with Gasteiger partial charge in [-0.15, -0.1) is 0 Å². The van der Waals surface area contributed by atoms with Crippen LogP contribution < -0.4 is 10.6 Å². The zero-order valence-corrected chi connectivity index (χ0v) is 15.1. The molecule has 0 aromatic heterocycles. The zero-order chi connectivity index (χ0) is 18.8. The normalized spacial score (nSPS) is 10.5. The number of hydrogen-bond donors (Lipinski definition) is 2. The molecule has 25 heavy (non-hydrogen) atoms. The first-order chi connectivity index (χ1) is 12.1. The van der Waals surface area contributed by atoms with E-state index >= 15 is 0 Å². The van der Waals surface area contributed by atoms with Gasteiger partial charge in [0.15, 0.2) is 5.78 Å². The van der Waals surface area contributed by atoms with Crippen molar-refractivity contribution < 1.29 is 33.3 Å². The van der Waals surface area contributed by atoms with Crippen LogP contribution in [0.1, 0.15) is 20.3 Å². The fourth-order valence-electron chi connectivity index (χ4n) is 1.51. The zero-order valence-electron chi connectivity index (χ0n) is 15.1. The van der Waals surface area contributed by atoms with Crippen molar-refractivity contribution in [3.8, 4) is 0 Å². The largest absolute Gasteiger partial charge is 0.377 e. The number of nitrogens with one attached hydrogen (secondary N) is 2. The van der Waals surface area contributed by atoms with Crippen molar-refractivity contribution in [1.29, 1.82) is 0 Å². The lowest BCUT2D eigenvalue weighted by atomic mass is 10.3. The average Bonchev–Trinajstić information content (AvgIpc) is 2.58. The maximum atomic E-state index is 11.5. The lowest BCUT2D eigenvalue weighted by molar-refractivity contribution is -0.127. The molecule has 0 aliphatic carbocycles. The van der Waals surface area contributed by atoms with Gasteiger partial charge in [0, 0.05) is 26.4 Å². The summed E-state index contributed by atoms with van der Waals surface area (Å²) in [6, 6.07) is 0. The van der Waals surface area contributed by atoms with Gasteiger partial charge < -0.3 is 29.6 Å². The van der Waals surface area contributed by atoms with Gasteiger partial charge >= 0.3 is 0 Å². The predicted molar refractivity (Wildman–Crippen MR) is 90.3 cm³/mol. The molecule has 0 aliphatic rings. The van der Waals surface area contributed by atoms with Crippen molar-refractivity contribution in [2.45, 2.75) is 20.3 Å². The topological polar surface area (TPSA) is 112 Å². The molecular formula is C16H30N2O7. The van der Waals surface area contributed by atoms with E-state index in [1.165, 1.54) is 6.92 Å². The Bertz CT molecular complexity index is 377. The van der Waals surface area contributed by atoms with Crippen molar-refractivity contribution in [2.24, 2.45) is 0 Å². The van der Waals surface area contributed by atoms with E-state index in [4.69, 9.17) is 18.9 Å². The summed E-state index contributed by atoms with van der Waals surface area (Å²) in [5.74, 6) is -0.267. The molecule has 0 fully saturated rings. The van der Waals surface area contributed by atoms with E-state index in [1.807, 2.05) is 0 Å². The van der Waals surface area contributed by atoms with Gasteiger partial charge in [0.25, 0.3) is 0 Å². The van der Waals surface area contributed by atoms with E-state index in [0.717, 1.165) is 0 Å².